The minimum absolute atomic E-state index is 0.106. The average Bonchev–Trinajstić information content (AvgIpc) is 3.14. The van der Waals surface area contributed by atoms with Gasteiger partial charge in [0.2, 0.25) is 0 Å². The average molecular weight is 368 g/mol. The molecule has 0 aliphatic rings. The number of carboxylic acid groups (broad SMARTS) is 1. The van der Waals surface area contributed by atoms with Gasteiger partial charge in [0.25, 0.3) is 5.91 Å². The highest BCUT2D eigenvalue weighted by Crippen LogP contribution is 2.17. The largest absolute Gasteiger partial charge is 0.478 e. The number of rotatable bonds is 6. The number of oxazole rings is 1. The van der Waals surface area contributed by atoms with Gasteiger partial charge in [0.15, 0.2) is 18.1 Å². The van der Waals surface area contributed by atoms with Gasteiger partial charge in [-0.1, -0.05) is 6.92 Å². The van der Waals surface area contributed by atoms with Gasteiger partial charge in [-0.05, 0) is 48.9 Å². The third-order valence-corrected chi connectivity index (χ3v) is 3.88. The summed E-state index contributed by atoms with van der Waals surface area (Å²) in [5, 5.41) is 11.5. The first-order valence-electron chi connectivity index (χ1n) is 8.16. The molecule has 3 rings (SSSR count). The zero-order chi connectivity index (χ0) is 19.4. The van der Waals surface area contributed by atoms with Crippen molar-refractivity contribution < 1.29 is 28.6 Å². The number of fused-ring (bicyclic) bond motifs is 1. The second-order valence-electron chi connectivity index (χ2n) is 5.71. The van der Waals surface area contributed by atoms with Crippen LogP contribution >= 0.6 is 0 Å². The molecule has 27 heavy (non-hydrogen) atoms. The molecule has 1 heterocycles. The number of carboxylic acids is 1. The van der Waals surface area contributed by atoms with E-state index in [4.69, 9.17) is 14.3 Å². The maximum absolute atomic E-state index is 12.4. The molecule has 0 saturated carbocycles. The van der Waals surface area contributed by atoms with Crippen molar-refractivity contribution in [2.24, 2.45) is 0 Å². The Morgan fingerprint density at radius 1 is 1.15 bits per heavy atom. The molecule has 3 aromatic rings. The van der Waals surface area contributed by atoms with Crippen molar-refractivity contribution in [3.63, 3.8) is 0 Å². The molecule has 8 nitrogen and oxygen atoms in total. The van der Waals surface area contributed by atoms with Gasteiger partial charge < -0.3 is 19.6 Å². The Morgan fingerprint density at radius 3 is 2.52 bits per heavy atom. The van der Waals surface area contributed by atoms with Crippen LogP contribution in [0.5, 0.6) is 0 Å². The van der Waals surface area contributed by atoms with Crippen LogP contribution in [-0.2, 0) is 9.53 Å². The van der Waals surface area contributed by atoms with E-state index in [0.717, 1.165) is 0 Å². The van der Waals surface area contributed by atoms with Crippen molar-refractivity contribution in [1.82, 2.24) is 4.98 Å². The fraction of sp³-hybridized carbons (Fsp3) is 0.158. The lowest BCUT2D eigenvalue weighted by Gasteiger charge is -2.16. The summed E-state index contributed by atoms with van der Waals surface area (Å²) in [6, 6.07) is 10.3. The topological polar surface area (TPSA) is 119 Å². The van der Waals surface area contributed by atoms with Crippen LogP contribution in [0.4, 0.5) is 5.69 Å². The summed E-state index contributed by atoms with van der Waals surface area (Å²) in [5.41, 5.74) is 1.81. The number of esters is 1. The van der Waals surface area contributed by atoms with Crippen molar-refractivity contribution in [2.75, 3.05) is 5.32 Å². The van der Waals surface area contributed by atoms with Crippen LogP contribution < -0.4 is 5.32 Å². The van der Waals surface area contributed by atoms with Crippen molar-refractivity contribution in [1.29, 1.82) is 0 Å². The smallest absolute Gasteiger partial charge is 0.339 e. The van der Waals surface area contributed by atoms with E-state index in [9.17, 15) is 14.4 Å². The summed E-state index contributed by atoms with van der Waals surface area (Å²) in [6.07, 6.45) is 0.551. The SMILES string of the molecule is CCC(OC(=O)c1ccc2ncoc2c1)C(=O)Nc1ccc(C(=O)O)cc1. The molecule has 1 atom stereocenters. The molecule has 138 valence electrons. The first kappa shape index (κ1) is 18.1. The molecule has 0 spiro atoms. The highest BCUT2D eigenvalue weighted by Gasteiger charge is 2.22. The van der Waals surface area contributed by atoms with Gasteiger partial charge in [0.05, 0.1) is 11.1 Å². The first-order valence-corrected chi connectivity index (χ1v) is 8.16. The third kappa shape index (κ3) is 4.12. The van der Waals surface area contributed by atoms with Gasteiger partial charge in [-0.2, -0.15) is 0 Å². The number of carbonyl (C=O) groups excluding carboxylic acids is 2. The maximum atomic E-state index is 12.4. The van der Waals surface area contributed by atoms with Gasteiger partial charge in [-0.15, -0.1) is 0 Å². The van der Waals surface area contributed by atoms with Gasteiger partial charge in [0.1, 0.15) is 5.52 Å². The molecule has 1 aromatic heterocycles. The molecule has 1 unspecified atom stereocenters. The monoisotopic (exact) mass is 368 g/mol. The van der Waals surface area contributed by atoms with Crippen LogP contribution in [0.25, 0.3) is 11.1 Å². The summed E-state index contributed by atoms with van der Waals surface area (Å²) in [4.78, 5) is 39.5. The van der Waals surface area contributed by atoms with E-state index >= 15 is 0 Å². The van der Waals surface area contributed by atoms with Crippen molar-refractivity contribution in [2.45, 2.75) is 19.4 Å². The lowest BCUT2D eigenvalue weighted by atomic mass is 10.2. The minimum atomic E-state index is -1.06. The number of benzene rings is 2. The summed E-state index contributed by atoms with van der Waals surface area (Å²) in [6.45, 7) is 1.71. The van der Waals surface area contributed by atoms with Gasteiger partial charge in [-0.25, -0.2) is 14.6 Å². The molecule has 2 aromatic carbocycles. The maximum Gasteiger partial charge on any atom is 0.339 e. The fourth-order valence-corrected chi connectivity index (χ4v) is 2.42. The molecule has 0 fully saturated rings. The van der Waals surface area contributed by atoms with E-state index in [1.807, 2.05) is 0 Å². The summed E-state index contributed by atoms with van der Waals surface area (Å²) in [5.74, 6) is -2.22. The van der Waals surface area contributed by atoms with Crippen molar-refractivity contribution >= 4 is 34.6 Å². The van der Waals surface area contributed by atoms with Gasteiger partial charge in [-0.3, -0.25) is 4.79 Å². The lowest BCUT2D eigenvalue weighted by molar-refractivity contribution is -0.124. The molecule has 1 amide bonds. The van der Waals surface area contributed by atoms with Crippen LogP contribution in [0.15, 0.2) is 53.3 Å². The Kier molecular flexibility index (Phi) is 5.16. The number of carbonyl (C=O) groups is 3. The highest BCUT2D eigenvalue weighted by atomic mass is 16.5. The van der Waals surface area contributed by atoms with E-state index in [-0.39, 0.29) is 17.5 Å². The Morgan fingerprint density at radius 2 is 1.85 bits per heavy atom. The number of aromatic nitrogens is 1. The second kappa shape index (κ2) is 7.69. The molecule has 0 radical (unpaired) electrons. The van der Waals surface area contributed by atoms with E-state index in [2.05, 4.69) is 10.3 Å². The van der Waals surface area contributed by atoms with E-state index < -0.39 is 23.9 Å². The number of ether oxygens (including phenoxy) is 1. The minimum Gasteiger partial charge on any atom is -0.478 e. The highest BCUT2D eigenvalue weighted by molar-refractivity contribution is 5.98. The zero-order valence-electron chi connectivity index (χ0n) is 14.3. The Hall–Kier alpha value is -3.68. The predicted molar refractivity (Wildman–Crippen MR) is 95.5 cm³/mol. The summed E-state index contributed by atoms with van der Waals surface area (Å²) < 4.78 is 10.5. The number of hydrogen-bond donors (Lipinski definition) is 2. The summed E-state index contributed by atoms with van der Waals surface area (Å²) >= 11 is 0. The standard InChI is InChI=1S/C19H16N2O6/c1-2-15(17(22)21-13-6-3-11(4-7-13)18(23)24)27-19(25)12-5-8-14-16(9-12)26-10-20-14/h3-10,15H,2H2,1H3,(H,21,22)(H,23,24). The first-order chi connectivity index (χ1) is 13.0. The number of nitrogens with zero attached hydrogens (tertiary/aromatic N) is 1. The molecule has 8 heteroatoms. The Balaban J connectivity index is 1.67. The fourth-order valence-electron chi connectivity index (χ4n) is 2.42. The second-order valence-corrected chi connectivity index (χ2v) is 5.71. The van der Waals surface area contributed by atoms with Crippen LogP contribution in [0, 0.1) is 0 Å². The lowest BCUT2D eigenvalue weighted by Crippen LogP contribution is -2.32. The molecule has 0 aliphatic carbocycles. The van der Waals surface area contributed by atoms with Crippen LogP contribution in [0.2, 0.25) is 0 Å². The number of nitrogens with one attached hydrogen (secondary N) is 1. The Bertz CT molecular complexity index is 993. The number of amides is 1. The molecule has 0 saturated heterocycles. The van der Waals surface area contributed by atoms with E-state index in [1.54, 1.807) is 19.1 Å². The van der Waals surface area contributed by atoms with Crippen LogP contribution in [0.1, 0.15) is 34.1 Å². The van der Waals surface area contributed by atoms with Crippen LogP contribution in [0.3, 0.4) is 0 Å². The van der Waals surface area contributed by atoms with Crippen molar-refractivity contribution in [3.05, 3.63) is 60.0 Å². The normalized spacial score (nSPS) is 11.7. The van der Waals surface area contributed by atoms with E-state index in [1.165, 1.54) is 36.7 Å². The molecule has 0 aliphatic heterocycles. The Labute approximate surface area is 153 Å². The van der Waals surface area contributed by atoms with Gasteiger partial charge >= 0.3 is 11.9 Å². The number of hydrogen-bond acceptors (Lipinski definition) is 6. The quantitative estimate of drug-likeness (QED) is 0.642. The predicted octanol–water partition coefficient (Wildman–Crippen LogP) is 3.10. The van der Waals surface area contributed by atoms with Gasteiger partial charge in [0, 0.05) is 5.69 Å². The molecule has 0 bridgehead atoms. The number of anilines is 1. The molecular weight excluding hydrogens is 352 g/mol. The van der Waals surface area contributed by atoms with Crippen molar-refractivity contribution in [3.8, 4) is 0 Å². The molecule has 2 N–H and O–H groups in total. The molecular formula is C19H16N2O6. The summed E-state index contributed by atoms with van der Waals surface area (Å²) in [7, 11) is 0. The van der Waals surface area contributed by atoms with E-state index in [0.29, 0.717) is 16.8 Å². The van der Waals surface area contributed by atoms with Crippen LogP contribution in [-0.4, -0.2) is 34.0 Å². The number of aromatic carboxylic acids is 1. The zero-order valence-corrected chi connectivity index (χ0v) is 14.3. The third-order valence-electron chi connectivity index (χ3n) is 3.88.